The Balaban J connectivity index is 1.66. The van der Waals surface area contributed by atoms with Gasteiger partial charge in [-0.15, -0.1) is 0 Å². The molecule has 0 amide bonds. The third kappa shape index (κ3) is 3.97. The summed E-state index contributed by atoms with van der Waals surface area (Å²) in [5, 5.41) is 27.5. The molecule has 29 heavy (non-hydrogen) atoms. The van der Waals surface area contributed by atoms with Gasteiger partial charge in [0, 0.05) is 28.6 Å². The van der Waals surface area contributed by atoms with Crippen LogP contribution in [0.1, 0.15) is 6.92 Å². The van der Waals surface area contributed by atoms with Crippen LogP contribution in [0.25, 0.3) is 27.9 Å². The van der Waals surface area contributed by atoms with Crippen molar-refractivity contribution < 1.29 is 14.6 Å². The highest BCUT2D eigenvalue weighted by Crippen LogP contribution is 2.38. The lowest BCUT2D eigenvalue weighted by Gasteiger charge is -2.12. The van der Waals surface area contributed by atoms with Gasteiger partial charge in [0.2, 0.25) is 0 Å². The van der Waals surface area contributed by atoms with E-state index in [9.17, 15) is 14.6 Å². The van der Waals surface area contributed by atoms with Crippen molar-refractivity contribution in [1.29, 1.82) is 0 Å². The second-order valence-corrected chi connectivity index (χ2v) is 6.75. The van der Waals surface area contributed by atoms with E-state index >= 15 is 0 Å². The Bertz CT molecular complexity index is 1120. The largest absolute Gasteiger partial charge is 0.507 e. The van der Waals surface area contributed by atoms with Gasteiger partial charge in [-0.05, 0) is 48.9 Å². The van der Waals surface area contributed by atoms with Gasteiger partial charge in [0.15, 0.2) is 0 Å². The van der Waals surface area contributed by atoms with Gasteiger partial charge >= 0.3 is 0 Å². The number of para-hydroxylation sites is 1. The number of aliphatic hydroxyl groups excluding tert-OH is 1. The number of anilines is 1. The summed E-state index contributed by atoms with van der Waals surface area (Å²) in [6.07, 6.45) is 2.81. The van der Waals surface area contributed by atoms with Gasteiger partial charge in [0.25, 0.3) is 0 Å². The summed E-state index contributed by atoms with van der Waals surface area (Å²) in [7, 11) is 0. The van der Waals surface area contributed by atoms with Crippen molar-refractivity contribution in [3.8, 4) is 33.7 Å². The first kappa shape index (κ1) is 18.7. The highest BCUT2D eigenvalue weighted by Gasteiger charge is 2.13. The first-order valence-corrected chi connectivity index (χ1v) is 9.19. The monoisotopic (exact) mass is 389 g/mol. The number of phenolic OH excluding ortho intramolecular Hbond substituents is 1. The Labute approximate surface area is 167 Å². The first-order chi connectivity index (χ1) is 14.0. The van der Waals surface area contributed by atoms with Gasteiger partial charge in [-0.3, -0.25) is 0 Å². The molecule has 0 spiro atoms. The molecule has 5 nitrogen and oxygen atoms in total. The fraction of sp³-hybridized carbons (Fsp3) is 0.0870. The molecule has 0 aliphatic carbocycles. The molecule has 6 heteroatoms. The minimum absolute atomic E-state index is 0.155. The molecule has 0 radical (unpaired) electrons. The second-order valence-electron chi connectivity index (χ2n) is 6.75. The Morgan fingerprint density at radius 1 is 0.931 bits per heavy atom. The van der Waals surface area contributed by atoms with E-state index in [1.54, 1.807) is 36.1 Å². The molecule has 0 aliphatic heterocycles. The summed E-state index contributed by atoms with van der Waals surface area (Å²) >= 11 is 0. The minimum atomic E-state index is -0.643. The zero-order valence-corrected chi connectivity index (χ0v) is 15.7. The predicted molar refractivity (Wildman–Crippen MR) is 111 cm³/mol. The van der Waals surface area contributed by atoms with Gasteiger partial charge in [-0.2, -0.15) is 5.10 Å². The summed E-state index contributed by atoms with van der Waals surface area (Å²) in [4.78, 5) is 0. The van der Waals surface area contributed by atoms with E-state index in [2.05, 4.69) is 10.4 Å². The number of rotatable bonds is 5. The average molecular weight is 389 g/mol. The molecule has 1 aromatic heterocycles. The Morgan fingerprint density at radius 3 is 2.24 bits per heavy atom. The lowest BCUT2D eigenvalue weighted by Crippen LogP contribution is -2.12. The SMILES string of the molecule is CC(O)Nc1ccc(-c2cccc(-c3cnn(-c4ccc(F)cc4)c3)c2O)cc1. The molecular weight excluding hydrogens is 369 g/mol. The lowest BCUT2D eigenvalue weighted by atomic mass is 9.98. The maximum atomic E-state index is 13.1. The van der Waals surface area contributed by atoms with E-state index in [-0.39, 0.29) is 11.6 Å². The van der Waals surface area contributed by atoms with Crippen LogP contribution >= 0.6 is 0 Å². The minimum Gasteiger partial charge on any atom is -0.507 e. The highest BCUT2D eigenvalue weighted by atomic mass is 19.1. The Morgan fingerprint density at radius 2 is 1.59 bits per heavy atom. The van der Waals surface area contributed by atoms with Crippen LogP contribution in [0.15, 0.2) is 79.1 Å². The van der Waals surface area contributed by atoms with E-state index in [0.717, 1.165) is 22.5 Å². The summed E-state index contributed by atoms with van der Waals surface area (Å²) in [5.74, 6) is -0.150. The highest BCUT2D eigenvalue weighted by molar-refractivity contribution is 5.82. The molecule has 146 valence electrons. The van der Waals surface area contributed by atoms with Crippen LogP contribution in [-0.2, 0) is 0 Å². The van der Waals surface area contributed by atoms with Crippen molar-refractivity contribution in [2.24, 2.45) is 0 Å². The molecule has 4 rings (SSSR count). The third-order valence-corrected chi connectivity index (χ3v) is 4.59. The molecule has 0 fully saturated rings. The van der Waals surface area contributed by atoms with Crippen LogP contribution in [0.3, 0.4) is 0 Å². The van der Waals surface area contributed by atoms with E-state index < -0.39 is 6.23 Å². The average Bonchev–Trinajstić information content (AvgIpc) is 3.19. The quantitative estimate of drug-likeness (QED) is 0.429. The van der Waals surface area contributed by atoms with Crippen LogP contribution in [0, 0.1) is 5.82 Å². The predicted octanol–water partition coefficient (Wildman–Crippen LogP) is 4.80. The van der Waals surface area contributed by atoms with Crippen LogP contribution in [-0.4, -0.2) is 26.2 Å². The standard InChI is InChI=1S/C23H20FN3O2/c1-15(28)26-19-9-5-16(6-10-19)21-3-2-4-22(23(21)29)17-13-25-27(14-17)20-11-7-18(24)8-12-20/h2-15,26,28-29H,1H3. The molecule has 3 N–H and O–H groups in total. The van der Waals surface area contributed by atoms with Gasteiger partial charge in [0.05, 0.1) is 11.9 Å². The second kappa shape index (κ2) is 7.77. The summed E-state index contributed by atoms with van der Waals surface area (Å²) < 4.78 is 14.8. The molecule has 1 heterocycles. The number of nitrogens with one attached hydrogen (secondary N) is 1. The van der Waals surface area contributed by atoms with Gasteiger partial charge in [0.1, 0.15) is 17.8 Å². The van der Waals surface area contributed by atoms with Gasteiger partial charge < -0.3 is 15.5 Å². The van der Waals surface area contributed by atoms with E-state index in [1.165, 1.54) is 12.1 Å². The smallest absolute Gasteiger partial charge is 0.131 e. The molecule has 0 saturated carbocycles. The number of phenols is 1. The maximum Gasteiger partial charge on any atom is 0.131 e. The number of hydrogen-bond acceptors (Lipinski definition) is 4. The van der Waals surface area contributed by atoms with Crippen molar-refractivity contribution in [3.63, 3.8) is 0 Å². The molecule has 0 bridgehead atoms. The number of halogens is 1. The maximum absolute atomic E-state index is 13.1. The van der Waals surface area contributed by atoms with Crippen molar-refractivity contribution in [2.45, 2.75) is 13.2 Å². The first-order valence-electron chi connectivity index (χ1n) is 9.19. The molecule has 3 aromatic carbocycles. The zero-order chi connectivity index (χ0) is 20.4. The molecular formula is C23H20FN3O2. The third-order valence-electron chi connectivity index (χ3n) is 4.59. The van der Waals surface area contributed by atoms with Gasteiger partial charge in [-0.1, -0.05) is 30.3 Å². The number of hydrogen-bond donors (Lipinski definition) is 3. The summed E-state index contributed by atoms with van der Waals surface area (Å²) in [6, 6.07) is 19.1. The number of aromatic nitrogens is 2. The number of benzene rings is 3. The van der Waals surface area contributed by atoms with Crippen molar-refractivity contribution in [2.75, 3.05) is 5.32 Å². The van der Waals surface area contributed by atoms with Crippen LogP contribution in [0.4, 0.5) is 10.1 Å². The number of aliphatic hydroxyl groups is 1. The Hall–Kier alpha value is -3.64. The molecule has 4 aromatic rings. The topological polar surface area (TPSA) is 70.3 Å². The zero-order valence-electron chi connectivity index (χ0n) is 15.7. The van der Waals surface area contributed by atoms with Crippen LogP contribution in [0.5, 0.6) is 5.75 Å². The van der Waals surface area contributed by atoms with Crippen LogP contribution < -0.4 is 5.32 Å². The fourth-order valence-corrected chi connectivity index (χ4v) is 3.19. The molecule has 0 aliphatic rings. The lowest BCUT2D eigenvalue weighted by molar-refractivity contribution is 0.224. The Kier molecular flexibility index (Phi) is 5.01. The van der Waals surface area contributed by atoms with Crippen LogP contribution in [0.2, 0.25) is 0 Å². The summed E-state index contributed by atoms with van der Waals surface area (Å²) in [6.45, 7) is 1.65. The van der Waals surface area contributed by atoms with E-state index in [0.29, 0.717) is 11.1 Å². The van der Waals surface area contributed by atoms with Crippen molar-refractivity contribution in [1.82, 2.24) is 9.78 Å². The van der Waals surface area contributed by atoms with E-state index in [1.807, 2.05) is 42.5 Å². The molecule has 0 saturated heterocycles. The number of aromatic hydroxyl groups is 1. The van der Waals surface area contributed by atoms with Crippen molar-refractivity contribution >= 4 is 5.69 Å². The normalized spacial score (nSPS) is 12.0. The van der Waals surface area contributed by atoms with Crippen molar-refractivity contribution in [3.05, 3.63) is 84.9 Å². The molecule has 1 unspecified atom stereocenters. The summed E-state index contributed by atoms with van der Waals surface area (Å²) in [5.41, 5.74) is 4.48. The van der Waals surface area contributed by atoms with Gasteiger partial charge in [-0.25, -0.2) is 9.07 Å². The fourth-order valence-electron chi connectivity index (χ4n) is 3.19. The van der Waals surface area contributed by atoms with E-state index in [4.69, 9.17) is 0 Å². The molecule has 1 atom stereocenters. The number of nitrogens with zero attached hydrogens (tertiary/aromatic N) is 2.